The van der Waals surface area contributed by atoms with Crippen LogP contribution in [-0.2, 0) is 24.4 Å². The molecule has 1 aromatic rings. The van der Waals surface area contributed by atoms with Gasteiger partial charge in [0.05, 0.1) is 0 Å². The summed E-state index contributed by atoms with van der Waals surface area (Å²) in [5.74, 6) is 0.515. The van der Waals surface area contributed by atoms with Crippen molar-refractivity contribution < 1.29 is 4.79 Å². The van der Waals surface area contributed by atoms with Crippen LogP contribution in [0.25, 0.3) is 0 Å². The fourth-order valence-corrected chi connectivity index (χ4v) is 2.46. The Kier molecular flexibility index (Phi) is 2.85. The van der Waals surface area contributed by atoms with Crippen molar-refractivity contribution in [3.8, 4) is 0 Å². The van der Waals surface area contributed by atoms with Crippen LogP contribution in [0.5, 0.6) is 0 Å². The van der Waals surface area contributed by atoms with Crippen molar-refractivity contribution in [1.29, 1.82) is 0 Å². The topological polar surface area (TPSA) is 41.1 Å². The van der Waals surface area contributed by atoms with E-state index in [9.17, 15) is 4.79 Å². The summed E-state index contributed by atoms with van der Waals surface area (Å²) < 4.78 is 0. The van der Waals surface area contributed by atoms with Gasteiger partial charge in [-0.3, -0.25) is 4.79 Å². The molecule has 3 nitrogen and oxygen atoms in total. The molecule has 3 rings (SSSR count). The third-order valence-electron chi connectivity index (χ3n) is 3.84. The molecule has 0 bridgehead atoms. The Morgan fingerprint density at radius 2 is 2.12 bits per heavy atom. The summed E-state index contributed by atoms with van der Waals surface area (Å²) in [5.41, 5.74) is 3.97. The Bertz CT molecular complexity index is 438. The Morgan fingerprint density at radius 3 is 2.88 bits per heavy atom. The summed E-state index contributed by atoms with van der Waals surface area (Å²) in [4.78, 5) is 11.7. The maximum atomic E-state index is 11.7. The Morgan fingerprint density at radius 1 is 1.29 bits per heavy atom. The number of carbonyl (C=O) groups is 1. The SMILES string of the molecule is O=C(NCc1ccc2c(c1)CNC2)C1CCC1. The average molecular weight is 230 g/mol. The lowest BCUT2D eigenvalue weighted by molar-refractivity contribution is -0.127. The molecule has 0 spiro atoms. The van der Waals surface area contributed by atoms with Crippen molar-refractivity contribution in [3.05, 3.63) is 34.9 Å². The van der Waals surface area contributed by atoms with Gasteiger partial charge in [-0.2, -0.15) is 0 Å². The molecule has 2 N–H and O–H groups in total. The van der Waals surface area contributed by atoms with Gasteiger partial charge < -0.3 is 10.6 Å². The molecule has 0 atom stereocenters. The van der Waals surface area contributed by atoms with E-state index >= 15 is 0 Å². The molecule has 90 valence electrons. The summed E-state index contributed by atoms with van der Waals surface area (Å²) in [7, 11) is 0. The van der Waals surface area contributed by atoms with Crippen LogP contribution in [0.3, 0.4) is 0 Å². The fourth-order valence-electron chi connectivity index (χ4n) is 2.46. The van der Waals surface area contributed by atoms with Crippen molar-refractivity contribution in [2.45, 2.75) is 38.9 Å². The van der Waals surface area contributed by atoms with Crippen molar-refractivity contribution in [2.75, 3.05) is 0 Å². The number of hydrogen-bond acceptors (Lipinski definition) is 2. The van der Waals surface area contributed by atoms with Crippen LogP contribution in [0.2, 0.25) is 0 Å². The van der Waals surface area contributed by atoms with Gasteiger partial charge in [0.25, 0.3) is 0 Å². The fraction of sp³-hybridized carbons (Fsp3) is 0.500. The molecule has 1 aliphatic carbocycles. The van der Waals surface area contributed by atoms with E-state index in [-0.39, 0.29) is 11.8 Å². The highest BCUT2D eigenvalue weighted by atomic mass is 16.1. The number of rotatable bonds is 3. The highest BCUT2D eigenvalue weighted by Gasteiger charge is 2.24. The van der Waals surface area contributed by atoms with E-state index in [1.807, 2.05) is 0 Å². The minimum Gasteiger partial charge on any atom is -0.352 e. The van der Waals surface area contributed by atoms with E-state index in [0.29, 0.717) is 6.54 Å². The van der Waals surface area contributed by atoms with Crippen LogP contribution < -0.4 is 10.6 Å². The molecule has 1 amide bonds. The molecule has 17 heavy (non-hydrogen) atoms. The van der Waals surface area contributed by atoms with Crippen molar-refractivity contribution in [3.63, 3.8) is 0 Å². The molecule has 3 heteroatoms. The van der Waals surface area contributed by atoms with Crippen molar-refractivity contribution in [1.82, 2.24) is 10.6 Å². The van der Waals surface area contributed by atoms with Crippen LogP contribution in [0.15, 0.2) is 18.2 Å². The first-order valence-electron chi connectivity index (χ1n) is 6.42. The summed E-state index contributed by atoms with van der Waals surface area (Å²) in [6, 6.07) is 6.49. The van der Waals surface area contributed by atoms with Gasteiger partial charge in [-0.1, -0.05) is 24.6 Å². The molecule has 1 aliphatic heterocycles. The van der Waals surface area contributed by atoms with Gasteiger partial charge in [-0.05, 0) is 29.5 Å². The maximum Gasteiger partial charge on any atom is 0.223 e. The van der Waals surface area contributed by atoms with E-state index in [2.05, 4.69) is 28.8 Å². The molecule has 1 heterocycles. The average Bonchev–Trinajstić information content (AvgIpc) is 2.71. The minimum atomic E-state index is 0.231. The smallest absolute Gasteiger partial charge is 0.223 e. The first kappa shape index (κ1) is 10.8. The molecule has 1 fully saturated rings. The monoisotopic (exact) mass is 230 g/mol. The second-order valence-electron chi connectivity index (χ2n) is 5.05. The number of hydrogen-bond donors (Lipinski definition) is 2. The highest BCUT2D eigenvalue weighted by molar-refractivity contribution is 5.79. The third kappa shape index (κ3) is 2.20. The predicted molar refractivity (Wildman–Crippen MR) is 66.2 cm³/mol. The van der Waals surface area contributed by atoms with Crippen molar-refractivity contribution >= 4 is 5.91 Å². The third-order valence-corrected chi connectivity index (χ3v) is 3.84. The van der Waals surface area contributed by atoms with E-state index in [0.717, 1.165) is 25.9 Å². The maximum absolute atomic E-state index is 11.7. The van der Waals surface area contributed by atoms with Crippen LogP contribution in [0.4, 0.5) is 0 Å². The summed E-state index contributed by atoms with van der Waals surface area (Å²) in [6.45, 7) is 2.60. The lowest BCUT2D eigenvalue weighted by atomic mass is 9.85. The number of nitrogens with one attached hydrogen (secondary N) is 2. The summed E-state index contributed by atoms with van der Waals surface area (Å²) in [5, 5.41) is 6.36. The molecule has 1 aromatic carbocycles. The Hall–Kier alpha value is -1.35. The molecular weight excluding hydrogens is 212 g/mol. The zero-order chi connectivity index (χ0) is 11.7. The second-order valence-corrected chi connectivity index (χ2v) is 5.05. The van der Waals surface area contributed by atoms with Crippen LogP contribution >= 0.6 is 0 Å². The minimum absolute atomic E-state index is 0.231. The highest BCUT2D eigenvalue weighted by Crippen LogP contribution is 2.26. The largest absolute Gasteiger partial charge is 0.352 e. The molecule has 0 radical (unpaired) electrons. The molecule has 2 aliphatic rings. The standard InChI is InChI=1S/C14H18N2O/c17-14(11-2-1-3-11)16-7-10-4-5-12-8-15-9-13(12)6-10/h4-6,11,15H,1-3,7-9H2,(H,16,17). The zero-order valence-corrected chi connectivity index (χ0v) is 9.96. The molecular formula is C14H18N2O. The number of carbonyl (C=O) groups excluding carboxylic acids is 1. The van der Waals surface area contributed by atoms with Gasteiger partial charge in [0.15, 0.2) is 0 Å². The quantitative estimate of drug-likeness (QED) is 0.830. The Labute approximate surface area is 102 Å². The van der Waals surface area contributed by atoms with Crippen LogP contribution in [0, 0.1) is 5.92 Å². The van der Waals surface area contributed by atoms with Gasteiger partial charge in [0.1, 0.15) is 0 Å². The zero-order valence-electron chi connectivity index (χ0n) is 9.96. The van der Waals surface area contributed by atoms with Gasteiger partial charge in [0.2, 0.25) is 5.91 Å². The molecule has 0 saturated heterocycles. The van der Waals surface area contributed by atoms with Gasteiger partial charge in [-0.25, -0.2) is 0 Å². The lowest BCUT2D eigenvalue weighted by Crippen LogP contribution is -2.33. The molecule has 0 aromatic heterocycles. The first-order valence-corrected chi connectivity index (χ1v) is 6.42. The second kappa shape index (κ2) is 4.49. The van der Waals surface area contributed by atoms with E-state index < -0.39 is 0 Å². The molecule has 1 saturated carbocycles. The Balaban J connectivity index is 1.59. The lowest BCUT2D eigenvalue weighted by Gasteiger charge is -2.24. The number of benzene rings is 1. The van der Waals surface area contributed by atoms with Crippen LogP contribution in [-0.4, -0.2) is 5.91 Å². The van der Waals surface area contributed by atoms with Crippen molar-refractivity contribution in [2.24, 2.45) is 5.92 Å². The number of amides is 1. The normalized spacial score (nSPS) is 18.6. The van der Waals surface area contributed by atoms with E-state index in [4.69, 9.17) is 0 Å². The predicted octanol–water partition coefficient (Wildman–Crippen LogP) is 1.71. The van der Waals surface area contributed by atoms with Gasteiger partial charge in [0, 0.05) is 25.6 Å². The van der Waals surface area contributed by atoms with Gasteiger partial charge >= 0.3 is 0 Å². The van der Waals surface area contributed by atoms with Crippen LogP contribution in [0.1, 0.15) is 36.0 Å². The summed E-state index contributed by atoms with van der Waals surface area (Å²) in [6.07, 6.45) is 3.35. The molecule has 0 unspecified atom stereocenters. The number of fused-ring (bicyclic) bond motifs is 1. The summed E-state index contributed by atoms with van der Waals surface area (Å²) >= 11 is 0. The van der Waals surface area contributed by atoms with E-state index in [1.165, 1.54) is 23.1 Å². The van der Waals surface area contributed by atoms with E-state index in [1.54, 1.807) is 0 Å². The van der Waals surface area contributed by atoms with Gasteiger partial charge in [-0.15, -0.1) is 0 Å². The first-order chi connectivity index (χ1) is 8.33.